The molecule has 0 spiro atoms. The number of ether oxygens (including phenoxy) is 5. The van der Waals surface area contributed by atoms with E-state index < -0.39 is 6.10 Å². The number of fused-ring (bicyclic) bond motifs is 1. The summed E-state index contributed by atoms with van der Waals surface area (Å²) >= 11 is 0. The first-order chi connectivity index (χ1) is 13.7. The molecule has 0 aliphatic carbocycles. The van der Waals surface area contributed by atoms with Crippen LogP contribution in [-0.4, -0.2) is 53.1 Å². The molecule has 7 heteroatoms. The van der Waals surface area contributed by atoms with Crippen molar-refractivity contribution in [1.29, 1.82) is 0 Å². The predicted molar refractivity (Wildman–Crippen MR) is 104 cm³/mol. The van der Waals surface area contributed by atoms with Crippen molar-refractivity contribution in [2.24, 2.45) is 4.99 Å². The predicted octanol–water partition coefficient (Wildman–Crippen LogP) is 2.85. The maximum Gasteiger partial charge on any atom is 0.187 e. The number of aliphatic imine (C=N–C) groups is 1. The SMILES string of the molecule is COc1ccc(C=NCC(=O)C(OC)c2ccc3c(c2)OCCO3)cc1OC. The van der Waals surface area contributed by atoms with Gasteiger partial charge in [-0.05, 0) is 41.5 Å². The maximum atomic E-state index is 12.6. The summed E-state index contributed by atoms with van der Waals surface area (Å²) in [5, 5.41) is 0. The zero-order valence-electron chi connectivity index (χ0n) is 16.1. The lowest BCUT2D eigenvalue weighted by atomic mass is 10.0. The van der Waals surface area contributed by atoms with Gasteiger partial charge in [0.1, 0.15) is 25.9 Å². The van der Waals surface area contributed by atoms with E-state index in [2.05, 4.69) is 4.99 Å². The summed E-state index contributed by atoms with van der Waals surface area (Å²) in [6.45, 7) is 0.989. The largest absolute Gasteiger partial charge is 0.493 e. The van der Waals surface area contributed by atoms with Crippen LogP contribution in [0, 0.1) is 0 Å². The fourth-order valence-corrected chi connectivity index (χ4v) is 2.93. The average Bonchev–Trinajstić information content (AvgIpc) is 2.74. The summed E-state index contributed by atoms with van der Waals surface area (Å²) in [5.41, 5.74) is 1.51. The fraction of sp³-hybridized carbons (Fsp3) is 0.333. The van der Waals surface area contributed by atoms with Crippen LogP contribution in [0.2, 0.25) is 0 Å². The van der Waals surface area contributed by atoms with Gasteiger partial charge >= 0.3 is 0 Å². The highest BCUT2D eigenvalue weighted by molar-refractivity contribution is 5.89. The van der Waals surface area contributed by atoms with Crippen molar-refractivity contribution in [1.82, 2.24) is 0 Å². The second kappa shape index (κ2) is 9.23. The average molecular weight is 385 g/mol. The Morgan fingerprint density at radius 1 is 1.04 bits per heavy atom. The lowest BCUT2D eigenvalue weighted by Gasteiger charge is -2.20. The van der Waals surface area contributed by atoms with Crippen LogP contribution in [0.3, 0.4) is 0 Å². The highest BCUT2D eigenvalue weighted by Crippen LogP contribution is 2.33. The number of benzene rings is 2. The van der Waals surface area contributed by atoms with Gasteiger partial charge in [-0.25, -0.2) is 0 Å². The molecule has 1 aliphatic rings. The summed E-state index contributed by atoms with van der Waals surface area (Å²) in [6, 6.07) is 10.8. The van der Waals surface area contributed by atoms with Gasteiger partial charge in [0, 0.05) is 13.3 Å². The van der Waals surface area contributed by atoms with Gasteiger partial charge in [0.2, 0.25) is 0 Å². The standard InChI is InChI=1S/C21H23NO6/c1-24-17-6-4-14(10-19(17)25-2)12-22-13-16(23)21(26-3)15-5-7-18-20(11-15)28-9-8-27-18/h4-7,10-12,21H,8-9,13H2,1-3H3. The van der Waals surface area contributed by atoms with Crippen LogP contribution >= 0.6 is 0 Å². The first-order valence-electron chi connectivity index (χ1n) is 8.83. The van der Waals surface area contributed by atoms with Crippen LogP contribution in [0.15, 0.2) is 41.4 Å². The summed E-state index contributed by atoms with van der Waals surface area (Å²) in [7, 11) is 4.64. The van der Waals surface area contributed by atoms with Crippen LogP contribution in [0.5, 0.6) is 23.0 Å². The quantitative estimate of drug-likeness (QED) is 0.651. The second-order valence-electron chi connectivity index (χ2n) is 6.07. The van der Waals surface area contributed by atoms with E-state index in [9.17, 15) is 4.79 Å². The number of rotatable bonds is 8. The van der Waals surface area contributed by atoms with E-state index in [4.69, 9.17) is 23.7 Å². The van der Waals surface area contributed by atoms with Crippen molar-refractivity contribution in [3.05, 3.63) is 47.5 Å². The van der Waals surface area contributed by atoms with Crippen LogP contribution in [0.4, 0.5) is 0 Å². The van der Waals surface area contributed by atoms with Crippen molar-refractivity contribution in [3.8, 4) is 23.0 Å². The molecule has 0 aromatic heterocycles. The Balaban J connectivity index is 1.68. The van der Waals surface area contributed by atoms with Gasteiger partial charge in [0.05, 0.1) is 14.2 Å². The van der Waals surface area contributed by atoms with Gasteiger partial charge in [-0.2, -0.15) is 0 Å². The Labute approximate surface area is 163 Å². The monoisotopic (exact) mass is 385 g/mol. The molecular formula is C21H23NO6. The molecule has 0 saturated heterocycles. The van der Waals surface area contributed by atoms with E-state index in [0.29, 0.717) is 41.8 Å². The summed E-state index contributed by atoms with van der Waals surface area (Å²) < 4.78 is 27.0. The lowest BCUT2D eigenvalue weighted by molar-refractivity contribution is -0.127. The third-order valence-electron chi connectivity index (χ3n) is 4.29. The van der Waals surface area contributed by atoms with E-state index in [0.717, 1.165) is 5.56 Å². The minimum absolute atomic E-state index is 0.0126. The number of carbonyl (C=O) groups excluding carboxylic acids is 1. The molecule has 7 nitrogen and oxygen atoms in total. The molecule has 2 aromatic carbocycles. The van der Waals surface area contributed by atoms with Crippen molar-refractivity contribution in [3.63, 3.8) is 0 Å². The number of methoxy groups -OCH3 is 3. The second-order valence-corrected chi connectivity index (χ2v) is 6.07. The first kappa shape index (κ1) is 19.7. The number of nitrogens with zero attached hydrogens (tertiary/aromatic N) is 1. The van der Waals surface area contributed by atoms with Gasteiger partial charge < -0.3 is 23.7 Å². The molecule has 0 amide bonds. The van der Waals surface area contributed by atoms with Crippen molar-refractivity contribution in [2.75, 3.05) is 41.1 Å². The zero-order valence-corrected chi connectivity index (χ0v) is 16.1. The van der Waals surface area contributed by atoms with E-state index >= 15 is 0 Å². The molecular weight excluding hydrogens is 362 g/mol. The molecule has 0 fully saturated rings. The van der Waals surface area contributed by atoms with Crippen molar-refractivity contribution < 1.29 is 28.5 Å². The summed E-state index contributed by atoms with van der Waals surface area (Å²) in [5.74, 6) is 2.37. The molecule has 1 aliphatic heterocycles. The molecule has 1 heterocycles. The normalized spacial score (nSPS) is 14.0. The van der Waals surface area contributed by atoms with E-state index in [1.54, 1.807) is 50.8 Å². The van der Waals surface area contributed by atoms with Crippen molar-refractivity contribution >= 4 is 12.0 Å². The molecule has 148 valence electrons. The number of carbonyl (C=O) groups is 1. The van der Waals surface area contributed by atoms with Crippen LogP contribution in [0.25, 0.3) is 0 Å². The minimum Gasteiger partial charge on any atom is -0.493 e. The third-order valence-corrected chi connectivity index (χ3v) is 4.29. The Morgan fingerprint density at radius 2 is 1.79 bits per heavy atom. The molecule has 1 unspecified atom stereocenters. The molecule has 0 radical (unpaired) electrons. The fourth-order valence-electron chi connectivity index (χ4n) is 2.93. The molecule has 1 atom stereocenters. The Kier molecular flexibility index (Phi) is 6.49. The third kappa shape index (κ3) is 4.43. The highest BCUT2D eigenvalue weighted by Gasteiger charge is 2.22. The van der Waals surface area contributed by atoms with E-state index in [1.807, 2.05) is 6.07 Å². The highest BCUT2D eigenvalue weighted by atomic mass is 16.6. The van der Waals surface area contributed by atoms with Gasteiger partial charge in [-0.3, -0.25) is 9.79 Å². The van der Waals surface area contributed by atoms with Gasteiger partial charge in [-0.1, -0.05) is 6.07 Å². The molecule has 2 aromatic rings. The van der Waals surface area contributed by atoms with Crippen LogP contribution < -0.4 is 18.9 Å². The lowest BCUT2D eigenvalue weighted by Crippen LogP contribution is -2.19. The summed E-state index contributed by atoms with van der Waals surface area (Å²) in [4.78, 5) is 16.8. The van der Waals surface area contributed by atoms with Crippen molar-refractivity contribution in [2.45, 2.75) is 6.10 Å². The molecule has 28 heavy (non-hydrogen) atoms. The Hall–Kier alpha value is -3.06. The summed E-state index contributed by atoms with van der Waals surface area (Å²) in [6.07, 6.45) is 0.898. The first-order valence-corrected chi connectivity index (χ1v) is 8.83. The van der Waals surface area contributed by atoms with E-state index in [-0.39, 0.29) is 12.3 Å². The molecule has 0 N–H and O–H groups in total. The van der Waals surface area contributed by atoms with Crippen LogP contribution in [0.1, 0.15) is 17.2 Å². The van der Waals surface area contributed by atoms with Crippen LogP contribution in [-0.2, 0) is 9.53 Å². The molecule has 0 saturated carbocycles. The van der Waals surface area contributed by atoms with Gasteiger partial charge in [0.15, 0.2) is 28.8 Å². The van der Waals surface area contributed by atoms with Gasteiger partial charge in [0.25, 0.3) is 0 Å². The Bertz CT molecular complexity index is 864. The maximum absolute atomic E-state index is 12.6. The number of hydrogen-bond donors (Lipinski definition) is 0. The smallest absolute Gasteiger partial charge is 0.187 e. The van der Waals surface area contributed by atoms with E-state index in [1.165, 1.54) is 7.11 Å². The Morgan fingerprint density at radius 3 is 2.50 bits per heavy atom. The minimum atomic E-state index is -0.724. The number of Topliss-reactive ketones (excluding diaryl/α,β-unsaturated/α-hetero) is 1. The van der Waals surface area contributed by atoms with Gasteiger partial charge in [-0.15, -0.1) is 0 Å². The number of ketones is 1. The molecule has 0 bridgehead atoms. The molecule has 3 rings (SSSR count). The number of hydrogen-bond acceptors (Lipinski definition) is 7. The zero-order chi connectivity index (χ0) is 19.9. The topological polar surface area (TPSA) is 75.6 Å².